The predicted octanol–water partition coefficient (Wildman–Crippen LogP) is 2.11. The fraction of sp³-hybridized carbons (Fsp3) is 0.400. The van der Waals surface area contributed by atoms with E-state index in [1.54, 1.807) is 23.9 Å². The lowest BCUT2D eigenvalue weighted by Crippen LogP contribution is -2.23. The standard InChI is InChI=1S/C10H13NO3S/c1-7(11(13)14)10(12)8-3-5-9(15-2)6-4-8/h3-7,10,12H,1-2H3. The molecule has 2 atom stereocenters. The molecule has 0 spiro atoms. The SMILES string of the molecule is CSc1ccc(C(O)C(C)[N+](=O)[O-])cc1. The lowest BCUT2D eigenvalue weighted by atomic mass is 10.0. The van der Waals surface area contributed by atoms with Gasteiger partial charge in [-0.25, -0.2) is 0 Å². The van der Waals surface area contributed by atoms with Gasteiger partial charge in [-0.05, 0) is 24.0 Å². The van der Waals surface area contributed by atoms with Crippen molar-refractivity contribution in [2.75, 3.05) is 6.26 Å². The molecular weight excluding hydrogens is 214 g/mol. The van der Waals surface area contributed by atoms with Crippen molar-refractivity contribution in [2.24, 2.45) is 0 Å². The second kappa shape index (κ2) is 5.14. The molecule has 15 heavy (non-hydrogen) atoms. The molecule has 0 bridgehead atoms. The van der Waals surface area contributed by atoms with Gasteiger partial charge in [0.15, 0.2) is 0 Å². The van der Waals surface area contributed by atoms with E-state index in [0.717, 1.165) is 4.90 Å². The highest BCUT2D eigenvalue weighted by molar-refractivity contribution is 7.98. The summed E-state index contributed by atoms with van der Waals surface area (Å²) in [6.45, 7) is 1.40. The highest BCUT2D eigenvalue weighted by Crippen LogP contribution is 2.22. The first-order valence-electron chi connectivity index (χ1n) is 4.51. The molecule has 1 aromatic carbocycles. The van der Waals surface area contributed by atoms with E-state index in [1.165, 1.54) is 6.92 Å². The van der Waals surface area contributed by atoms with E-state index in [0.29, 0.717) is 5.56 Å². The van der Waals surface area contributed by atoms with Crippen molar-refractivity contribution in [1.82, 2.24) is 0 Å². The highest BCUT2D eigenvalue weighted by Gasteiger charge is 2.25. The van der Waals surface area contributed by atoms with E-state index < -0.39 is 17.1 Å². The third kappa shape index (κ3) is 2.94. The fourth-order valence-corrected chi connectivity index (χ4v) is 1.60. The van der Waals surface area contributed by atoms with Gasteiger partial charge in [-0.15, -0.1) is 11.8 Å². The summed E-state index contributed by atoms with van der Waals surface area (Å²) in [5.41, 5.74) is 0.581. The summed E-state index contributed by atoms with van der Waals surface area (Å²) in [5, 5.41) is 20.2. The first kappa shape index (κ1) is 12.0. The van der Waals surface area contributed by atoms with Gasteiger partial charge >= 0.3 is 0 Å². The molecule has 0 heterocycles. The normalized spacial score (nSPS) is 14.6. The predicted molar refractivity (Wildman–Crippen MR) is 59.6 cm³/mol. The van der Waals surface area contributed by atoms with Crippen LogP contribution in [0.4, 0.5) is 0 Å². The summed E-state index contributed by atoms with van der Waals surface area (Å²) >= 11 is 1.59. The largest absolute Gasteiger partial charge is 0.381 e. The Morgan fingerprint density at radius 1 is 1.40 bits per heavy atom. The van der Waals surface area contributed by atoms with Crippen LogP contribution >= 0.6 is 11.8 Å². The summed E-state index contributed by atoms with van der Waals surface area (Å²) in [7, 11) is 0. The summed E-state index contributed by atoms with van der Waals surface area (Å²) in [6.07, 6.45) is 0.904. The van der Waals surface area contributed by atoms with E-state index >= 15 is 0 Å². The minimum atomic E-state index is -1.05. The van der Waals surface area contributed by atoms with Crippen molar-refractivity contribution < 1.29 is 10.0 Å². The number of thioether (sulfide) groups is 1. The molecule has 4 nitrogen and oxygen atoms in total. The highest BCUT2D eigenvalue weighted by atomic mass is 32.2. The van der Waals surface area contributed by atoms with Gasteiger partial charge in [0.2, 0.25) is 6.04 Å². The Morgan fingerprint density at radius 2 is 1.93 bits per heavy atom. The number of aliphatic hydroxyl groups is 1. The maximum atomic E-state index is 10.5. The minimum absolute atomic E-state index is 0.479. The zero-order chi connectivity index (χ0) is 11.4. The third-order valence-electron chi connectivity index (χ3n) is 2.25. The van der Waals surface area contributed by atoms with Crippen LogP contribution < -0.4 is 0 Å². The van der Waals surface area contributed by atoms with Crippen LogP contribution in [0.1, 0.15) is 18.6 Å². The lowest BCUT2D eigenvalue weighted by Gasteiger charge is -2.12. The number of hydrogen-bond acceptors (Lipinski definition) is 4. The summed E-state index contributed by atoms with van der Waals surface area (Å²) in [5.74, 6) is 0. The summed E-state index contributed by atoms with van der Waals surface area (Å²) in [4.78, 5) is 11.1. The summed E-state index contributed by atoms with van der Waals surface area (Å²) in [6, 6.07) is 6.14. The maximum absolute atomic E-state index is 10.5. The number of aliphatic hydroxyl groups excluding tert-OH is 1. The Kier molecular flexibility index (Phi) is 4.11. The Bertz CT molecular complexity index is 339. The van der Waals surface area contributed by atoms with Crippen molar-refractivity contribution in [3.8, 4) is 0 Å². The molecule has 0 aromatic heterocycles. The second-order valence-electron chi connectivity index (χ2n) is 3.24. The molecule has 1 N–H and O–H groups in total. The average molecular weight is 227 g/mol. The van der Waals surface area contributed by atoms with E-state index in [-0.39, 0.29) is 0 Å². The van der Waals surface area contributed by atoms with Crippen molar-refractivity contribution in [1.29, 1.82) is 0 Å². The van der Waals surface area contributed by atoms with Crippen LogP contribution in [0.5, 0.6) is 0 Å². The van der Waals surface area contributed by atoms with Crippen LogP contribution in [0.15, 0.2) is 29.2 Å². The van der Waals surface area contributed by atoms with Crippen molar-refractivity contribution in [3.63, 3.8) is 0 Å². The van der Waals surface area contributed by atoms with Crippen LogP contribution in [0, 0.1) is 10.1 Å². The Morgan fingerprint density at radius 3 is 2.33 bits per heavy atom. The maximum Gasteiger partial charge on any atom is 0.239 e. The molecule has 5 heteroatoms. The van der Waals surface area contributed by atoms with Crippen LogP contribution in [0.3, 0.4) is 0 Å². The molecule has 0 aliphatic heterocycles. The van der Waals surface area contributed by atoms with Crippen LogP contribution in [-0.4, -0.2) is 22.3 Å². The van der Waals surface area contributed by atoms with Gasteiger partial charge in [0, 0.05) is 16.7 Å². The van der Waals surface area contributed by atoms with Gasteiger partial charge in [-0.2, -0.15) is 0 Å². The Balaban J connectivity index is 2.82. The van der Waals surface area contributed by atoms with Gasteiger partial charge in [0.1, 0.15) is 6.10 Å². The number of benzene rings is 1. The minimum Gasteiger partial charge on any atom is -0.381 e. The molecule has 0 fully saturated rings. The third-order valence-corrected chi connectivity index (χ3v) is 2.99. The zero-order valence-electron chi connectivity index (χ0n) is 8.58. The van der Waals surface area contributed by atoms with Crippen molar-refractivity contribution in [2.45, 2.75) is 24.0 Å². The zero-order valence-corrected chi connectivity index (χ0v) is 9.40. The van der Waals surface area contributed by atoms with Crippen LogP contribution in [0.2, 0.25) is 0 Å². The monoisotopic (exact) mass is 227 g/mol. The Labute approximate surface area is 92.5 Å². The molecule has 0 aliphatic carbocycles. The molecule has 82 valence electrons. The molecular formula is C10H13NO3S. The fourth-order valence-electron chi connectivity index (χ4n) is 1.19. The van der Waals surface area contributed by atoms with E-state index in [1.807, 2.05) is 18.4 Å². The average Bonchev–Trinajstić information content (AvgIpc) is 2.27. The lowest BCUT2D eigenvalue weighted by molar-refractivity contribution is -0.531. The number of rotatable bonds is 4. The van der Waals surface area contributed by atoms with E-state index in [2.05, 4.69) is 0 Å². The van der Waals surface area contributed by atoms with Gasteiger partial charge in [0.05, 0.1) is 0 Å². The number of nitro groups is 1. The molecule has 1 aromatic rings. The number of nitrogens with zero attached hydrogens (tertiary/aromatic N) is 1. The van der Waals surface area contributed by atoms with Crippen LogP contribution in [-0.2, 0) is 0 Å². The van der Waals surface area contributed by atoms with Crippen LogP contribution in [0.25, 0.3) is 0 Å². The summed E-state index contributed by atoms with van der Waals surface area (Å²) < 4.78 is 0. The van der Waals surface area contributed by atoms with Gasteiger partial charge in [-0.1, -0.05) is 12.1 Å². The van der Waals surface area contributed by atoms with Gasteiger partial charge < -0.3 is 5.11 Å². The van der Waals surface area contributed by atoms with Gasteiger partial charge in [0.25, 0.3) is 0 Å². The van der Waals surface area contributed by atoms with Crippen molar-refractivity contribution >= 4 is 11.8 Å². The number of hydrogen-bond donors (Lipinski definition) is 1. The Hall–Kier alpha value is -1.07. The van der Waals surface area contributed by atoms with Gasteiger partial charge in [-0.3, -0.25) is 10.1 Å². The molecule has 1 rings (SSSR count). The molecule has 0 radical (unpaired) electrons. The smallest absolute Gasteiger partial charge is 0.239 e. The van der Waals surface area contributed by atoms with E-state index in [9.17, 15) is 15.2 Å². The molecule has 2 unspecified atom stereocenters. The molecule has 0 aliphatic rings. The second-order valence-corrected chi connectivity index (χ2v) is 4.12. The molecule has 0 amide bonds. The van der Waals surface area contributed by atoms with Crippen molar-refractivity contribution in [3.05, 3.63) is 39.9 Å². The molecule has 0 saturated carbocycles. The first-order chi connectivity index (χ1) is 7.06. The topological polar surface area (TPSA) is 63.4 Å². The first-order valence-corrected chi connectivity index (χ1v) is 5.74. The molecule has 0 saturated heterocycles. The van der Waals surface area contributed by atoms with E-state index in [4.69, 9.17) is 0 Å². The quantitative estimate of drug-likeness (QED) is 0.486.